The highest BCUT2D eigenvalue weighted by Crippen LogP contribution is 2.43. The first-order chi connectivity index (χ1) is 18.8. The molecule has 1 fully saturated rings. The van der Waals surface area contributed by atoms with E-state index in [2.05, 4.69) is 4.57 Å². The number of carboxylic acids is 1. The van der Waals surface area contributed by atoms with E-state index >= 15 is 0 Å². The van der Waals surface area contributed by atoms with Crippen LogP contribution in [0.4, 0.5) is 10.5 Å². The van der Waals surface area contributed by atoms with E-state index in [1.165, 1.54) is 7.11 Å². The number of ether oxygens (including phenoxy) is 1. The number of carbonyl (C=O) groups excluding carboxylic acids is 1. The van der Waals surface area contributed by atoms with Crippen LogP contribution in [-0.4, -0.2) is 49.5 Å². The summed E-state index contributed by atoms with van der Waals surface area (Å²) in [7, 11) is 1.40. The van der Waals surface area contributed by atoms with Gasteiger partial charge in [0.2, 0.25) is 0 Å². The number of amides is 1. The van der Waals surface area contributed by atoms with Gasteiger partial charge in [-0.1, -0.05) is 24.6 Å². The number of nitrogens with zero attached hydrogens (tertiary/aromatic N) is 4. The van der Waals surface area contributed by atoms with Crippen molar-refractivity contribution in [1.82, 2.24) is 14.1 Å². The number of benzene rings is 2. The molecule has 4 aromatic rings. The van der Waals surface area contributed by atoms with Gasteiger partial charge in [-0.2, -0.15) is 0 Å². The van der Waals surface area contributed by atoms with Crippen LogP contribution in [0.3, 0.4) is 0 Å². The van der Waals surface area contributed by atoms with Crippen LogP contribution < -0.4 is 4.90 Å². The average molecular weight is 531 g/mol. The predicted molar refractivity (Wildman–Crippen MR) is 148 cm³/mol. The van der Waals surface area contributed by atoms with Gasteiger partial charge in [0.15, 0.2) is 5.88 Å². The highest BCUT2D eigenvalue weighted by molar-refractivity contribution is 5.95. The Morgan fingerprint density at radius 3 is 2.67 bits per heavy atom. The molecule has 2 N–H and O–H groups in total. The number of para-hydroxylation sites is 1. The number of anilines is 1. The van der Waals surface area contributed by atoms with E-state index in [1.807, 2.05) is 54.8 Å². The minimum absolute atomic E-state index is 0.000680. The van der Waals surface area contributed by atoms with E-state index in [0.29, 0.717) is 12.8 Å². The van der Waals surface area contributed by atoms with Crippen LogP contribution in [0, 0.1) is 5.92 Å². The minimum atomic E-state index is -0.757. The zero-order chi connectivity index (χ0) is 27.4. The summed E-state index contributed by atoms with van der Waals surface area (Å²) in [6, 6.07) is 13.2. The quantitative estimate of drug-likeness (QED) is 0.333. The van der Waals surface area contributed by atoms with E-state index in [4.69, 9.17) is 9.72 Å². The molecule has 9 nitrogen and oxygen atoms in total. The molecule has 0 spiro atoms. The van der Waals surface area contributed by atoms with Gasteiger partial charge in [0.05, 0.1) is 41.3 Å². The van der Waals surface area contributed by atoms with Gasteiger partial charge in [0.1, 0.15) is 5.82 Å². The number of aliphatic carboxylic acids is 1. The molecule has 9 heteroatoms. The van der Waals surface area contributed by atoms with Crippen molar-refractivity contribution in [2.24, 2.45) is 5.92 Å². The summed E-state index contributed by atoms with van der Waals surface area (Å²) in [6.07, 6.45) is 4.05. The molecule has 3 unspecified atom stereocenters. The number of aromatic nitrogens is 3. The van der Waals surface area contributed by atoms with Gasteiger partial charge in [0, 0.05) is 29.1 Å². The van der Waals surface area contributed by atoms with E-state index in [0.717, 1.165) is 64.7 Å². The van der Waals surface area contributed by atoms with Crippen LogP contribution >= 0.6 is 0 Å². The number of hydrogen-bond acceptors (Lipinski definition) is 5. The van der Waals surface area contributed by atoms with Gasteiger partial charge in [0.25, 0.3) is 0 Å². The van der Waals surface area contributed by atoms with E-state index < -0.39 is 18.0 Å². The van der Waals surface area contributed by atoms with E-state index in [9.17, 15) is 19.8 Å². The lowest BCUT2D eigenvalue weighted by molar-refractivity contribution is -0.143. The highest BCUT2D eigenvalue weighted by Gasteiger charge is 2.35. The summed E-state index contributed by atoms with van der Waals surface area (Å²) in [4.78, 5) is 31.6. The van der Waals surface area contributed by atoms with Crippen molar-refractivity contribution < 1.29 is 24.5 Å². The van der Waals surface area contributed by atoms with Crippen molar-refractivity contribution >= 4 is 39.7 Å². The largest absolute Gasteiger partial charge is 0.494 e. The molecule has 2 aliphatic rings. The molecule has 1 amide bonds. The lowest BCUT2D eigenvalue weighted by Gasteiger charge is -2.34. The number of fused-ring (bicyclic) bond motifs is 4. The fourth-order valence-electron chi connectivity index (χ4n) is 6.78. The van der Waals surface area contributed by atoms with Crippen molar-refractivity contribution in [2.75, 3.05) is 12.0 Å². The van der Waals surface area contributed by atoms with Crippen molar-refractivity contribution in [3.8, 4) is 5.88 Å². The minimum Gasteiger partial charge on any atom is -0.494 e. The number of aryl methyl sites for hydroxylation is 1. The summed E-state index contributed by atoms with van der Waals surface area (Å²) in [5.41, 5.74) is 4.46. The fraction of sp³-hybridized carbons (Fsp3) is 0.433. The Hall–Kier alpha value is -4.01. The van der Waals surface area contributed by atoms with Crippen LogP contribution in [0.2, 0.25) is 0 Å². The Labute approximate surface area is 226 Å². The van der Waals surface area contributed by atoms with E-state index in [1.54, 1.807) is 11.0 Å². The lowest BCUT2D eigenvalue weighted by atomic mass is 9.85. The molecule has 39 heavy (non-hydrogen) atoms. The molecule has 3 heterocycles. The van der Waals surface area contributed by atoms with Crippen LogP contribution in [-0.2, 0) is 16.0 Å². The van der Waals surface area contributed by atoms with Gasteiger partial charge in [-0.3, -0.25) is 9.69 Å². The van der Waals surface area contributed by atoms with Crippen LogP contribution in [0.5, 0.6) is 5.88 Å². The molecule has 1 saturated carbocycles. The van der Waals surface area contributed by atoms with Crippen LogP contribution in [0.1, 0.15) is 69.4 Å². The predicted octanol–water partition coefficient (Wildman–Crippen LogP) is 6.03. The van der Waals surface area contributed by atoms with Gasteiger partial charge in [-0.05, 0) is 64.2 Å². The second-order valence-corrected chi connectivity index (χ2v) is 11.0. The number of hydrogen-bond donors (Lipinski definition) is 2. The Balaban J connectivity index is 1.57. The first kappa shape index (κ1) is 25.3. The number of imidazole rings is 1. The first-order valence-corrected chi connectivity index (χ1v) is 13.7. The summed E-state index contributed by atoms with van der Waals surface area (Å²) >= 11 is 0. The van der Waals surface area contributed by atoms with Gasteiger partial charge >= 0.3 is 12.1 Å². The number of methoxy groups -OCH3 is 1. The Bertz CT molecular complexity index is 1590. The molecule has 0 bridgehead atoms. The molecular weight excluding hydrogens is 496 g/mol. The summed E-state index contributed by atoms with van der Waals surface area (Å²) in [5.74, 6) is -0.234. The molecule has 0 radical (unpaired) electrons. The zero-order valence-electron chi connectivity index (χ0n) is 22.5. The molecule has 2 aromatic heterocycles. The molecule has 4 atom stereocenters. The first-order valence-electron chi connectivity index (χ1n) is 13.7. The third kappa shape index (κ3) is 4.02. The third-order valence-corrected chi connectivity index (χ3v) is 8.70. The molecule has 1 aliphatic heterocycles. The summed E-state index contributed by atoms with van der Waals surface area (Å²) < 4.78 is 9.20. The van der Waals surface area contributed by atoms with Crippen molar-refractivity contribution in [1.29, 1.82) is 0 Å². The monoisotopic (exact) mass is 530 g/mol. The zero-order valence-corrected chi connectivity index (χ0v) is 22.5. The molecule has 204 valence electrons. The maximum Gasteiger partial charge on any atom is 0.414 e. The molecule has 1 aliphatic carbocycles. The Morgan fingerprint density at radius 1 is 1.10 bits per heavy atom. The van der Waals surface area contributed by atoms with Gasteiger partial charge < -0.3 is 24.1 Å². The maximum absolute atomic E-state index is 12.7. The molecule has 6 rings (SSSR count). The average Bonchev–Trinajstić information content (AvgIpc) is 3.49. The van der Waals surface area contributed by atoms with Crippen molar-refractivity contribution in [2.45, 2.75) is 70.5 Å². The van der Waals surface area contributed by atoms with Gasteiger partial charge in [-0.15, -0.1) is 0 Å². The third-order valence-electron chi connectivity index (χ3n) is 8.70. The second-order valence-electron chi connectivity index (χ2n) is 11.0. The summed E-state index contributed by atoms with van der Waals surface area (Å²) in [5, 5.41) is 21.8. The smallest absolute Gasteiger partial charge is 0.414 e. The van der Waals surface area contributed by atoms with Crippen LogP contribution in [0.25, 0.3) is 21.9 Å². The normalized spacial score (nSPS) is 22.1. The summed E-state index contributed by atoms with van der Waals surface area (Å²) in [6.45, 7) is 4.04. The highest BCUT2D eigenvalue weighted by atomic mass is 16.5. The molecule has 0 saturated heterocycles. The Kier molecular flexibility index (Phi) is 6.24. The maximum atomic E-state index is 12.7. The van der Waals surface area contributed by atoms with Gasteiger partial charge in [-0.25, -0.2) is 9.78 Å². The molecular formula is C30H34N4O5. The SMILES string of the molecule is COC(=O)N1c2ccc3c(nc(C(C)n4c(O)cc5ccccc54)n3C3CCCC(C(=O)O)C3)c2CC[C@@H]1C. The topological polar surface area (TPSA) is 110 Å². The van der Waals surface area contributed by atoms with E-state index in [-0.39, 0.29) is 24.0 Å². The van der Waals surface area contributed by atoms with Crippen molar-refractivity contribution in [3.63, 3.8) is 0 Å². The molecule has 2 aromatic carbocycles. The Morgan fingerprint density at radius 2 is 1.90 bits per heavy atom. The number of aromatic hydroxyl groups is 1. The van der Waals surface area contributed by atoms with Crippen LogP contribution in [0.15, 0.2) is 42.5 Å². The lowest BCUT2D eigenvalue weighted by Crippen LogP contribution is -2.42. The number of rotatable bonds is 4. The fourth-order valence-corrected chi connectivity index (χ4v) is 6.78. The number of carbonyl (C=O) groups is 2. The standard InChI is InChI=1S/C30H34N4O5/c1-17-11-12-22-24(32(17)30(38)39-3)13-14-25-27(22)31-28(34(25)21-9-6-8-20(15-21)29(36)37)18(2)33-23-10-5-4-7-19(23)16-26(33)35/h4-5,7,10,13-14,16-18,20-21,35H,6,8-9,11-12,15H2,1-3H3,(H,36,37)/t17-,18?,20?,21?/m0/s1. The van der Waals surface area contributed by atoms with Crippen molar-refractivity contribution in [3.05, 3.63) is 53.9 Å². The second kappa shape index (κ2) is 9.63. The number of carboxylic acid groups (broad SMARTS) is 1.